The third-order valence-corrected chi connectivity index (χ3v) is 7.57. The number of nitrogens with one attached hydrogen (secondary N) is 1. The Morgan fingerprint density at radius 2 is 1.84 bits per heavy atom. The summed E-state index contributed by atoms with van der Waals surface area (Å²) in [5, 5.41) is 14.0. The fourth-order valence-corrected chi connectivity index (χ4v) is 5.14. The van der Waals surface area contributed by atoms with Gasteiger partial charge in [-0.25, -0.2) is 4.68 Å². The standard InChI is InChI=1S/C30H40N6O/c1-8-26(28-32-33-34-36(28)30(6,7)9-2)35(14-13-23-12-10-11-20(3)16-23)19-25-18-24-17-21(4)15-22(5)27(24)31-29(25)37/h10-12,15-18,26H,8-9,13-14,19H2,1-7H3,(H,31,37)/t26-/m0/s1. The first-order chi connectivity index (χ1) is 17.6. The van der Waals surface area contributed by atoms with E-state index in [1.54, 1.807) is 0 Å². The molecule has 0 radical (unpaired) electrons. The van der Waals surface area contributed by atoms with Crippen molar-refractivity contribution in [3.05, 3.63) is 86.5 Å². The van der Waals surface area contributed by atoms with Gasteiger partial charge in [0.15, 0.2) is 5.82 Å². The number of aryl methyl sites for hydroxylation is 3. The van der Waals surface area contributed by atoms with Crippen LogP contribution in [0.25, 0.3) is 10.9 Å². The molecule has 0 spiro atoms. The van der Waals surface area contributed by atoms with Gasteiger partial charge in [0.1, 0.15) is 0 Å². The molecule has 0 aliphatic heterocycles. The summed E-state index contributed by atoms with van der Waals surface area (Å²) < 4.78 is 1.97. The van der Waals surface area contributed by atoms with E-state index in [9.17, 15) is 4.79 Å². The van der Waals surface area contributed by atoms with Gasteiger partial charge in [-0.1, -0.05) is 55.3 Å². The number of aromatic amines is 1. The van der Waals surface area contributed by atoms with E-state index in [-0.39, 0.29) is 17.1 Å². The lowest BCUT2D eigenvalue weighted by Gasteiger charge is -2.33. The van der Waals surface area contributed by atoms with Crippen molar-refractivity contribution in [3.63, 3.8) is 0 Å². The van der Waals surface area contributed by atoms with Crippen LogP contribution in [0, 0.1) is 20.8 Å². The Morgan fingerprint density at radius 3 is 2.54 bits per heavy atom. The van der Waals surface area contributed by atoms with Crippen molar-refractivity contribution in [1.29, 1.82) is 0 Å². The van der Waals surface area contributed by atoms with Crippen LogP contribution in [-0.2, 0) is 18.5 Å². The lowest BCUT2D eigenvalue weighted by Crippen LogP contribution is -2.37. The van der Waals surface area contributed by atoms with E-state index in [0.29, 0.717) is 6.54 Å². The number of aromatic nitrogens is 5. The van der Waals surface area contributed by atoms with Crippen molar-refractivity contribution in [2.45, 2.75) is 85.9 Å². The predicted octanol–water partition coefficient (Wildman–Crippen LogP) is 5.78. The number of nitrogens with zero attached hydrogens (tertiary/aromatic N) is 5. The first-order valence-electron chi connectivity index (χ1n) is 13.3. The maximum absolute atomic E-state index is 13.3. The highest BCUT2D eigenvalue weighted by molar-refractivity contribution is 5.82. The van der Waals surface area contributed by atoms with Gasteiger partial charge in [0, 0.05) is 18.7 Å². The highest BCUT2D eigenvalue weighted by Gasteiger charge is 2.31. The normalized spacial score (nSPS) is 13.0. The number of hydrogen-bond donors (Lipinski definition) is 1. The Balaban J connectivity index is 1.75. The zero-order valence-electron chi connectivity index (χ0n) is 23.3. The monoisotopic (exact) mass is 500 g/mol. The van der Waals surface area contributed by atoms with E-state index in [1.807, 2.05) is 11.6 Å². The van der Waals surface area contributed by atoms with E-state index >= 15 is 0 Å². The third-order valence-electron chi connectivity index (χ3n) is 7.57. The SMILES string of the molecule is CC[C@@H](c1nnnn1C(C)(C)CC)N(CCc1cccc(C)c1)Cc1cc2cc(C)cc(C)c2[nH]c1=O. The van der Waals surface area contributed by atoms with Gasteiger partial charge in [0.2, 0.25) is 0 Å². The number of tetrazole rings is 1. The Morgan fingerprint density at radius 1 is 1.05 bits per heavy atom. The average Bonchev–Trinajstić information content (AvgIpc) is 3.34. The summed E-state index contributed by atoms with van der Waals surface area (Å²) in [5.41, 5.74) is 6.23. The van der Waals surface area contributed by atoms with Crippen molar-refractivity contribution in [2.75, 3.05) is 6.54 Å². The smallest absolute Gasteiger partial charge is 0.252 e. The maximum Gasteiger partial charge on any atom is 0.252 e. The molecular weight excluding hydrogens is 460 g/mol. The van der Waals surface area contributed by atoms with Crippen LogP contribution in [0.2, 0.25) is 0 Å². The molecule has 0 saturated heterocycles. The van der Waals surface area contributed by atoms with Gasteiger partial charge in [-0.05, 0) is 93.0 Å². The van der Waals surface area contributed by atoms with Crippen LogP contribution >= 0.6 is 0 Å². The van der Waals surface area contributed by atoms with Gasteiger partial charge in [0.05, 0.1) is 17.1 Å². The van der Waals surface area contributed by atoms with Crippen LogP contribution in [0.1, 0.15) is 80.2 Å². The minimum atomic E-state index is -0.204. The second kappa shape index (κ2) is 11.0. The number of fused-ring (bicyclic) bond motifs is 1. The summed E-state index contributed by atoms with van der Waals surface area (Å²) in [5.74, 6) is 0.850. The number of benzene rings is 2. The summed E-state index contributed by atoms with van der Waals surface area (Å²) >= 11 is 0. The zero-order chi connectivity index (χ0) is 26.7. The first-order valence-corrected chi connectivity index (χ1v) is 13.3. The van der Waals surface area contributed by atoms with E-state index in [1.165, 1.54) is 16.7 Å². The Kier molecular flexibility index (Phi) is 7.93. The summed E-state index contributed by atoms with van der Waals surface area (Å²) in [4.78, 5) is 18.8. The molecule has 196 valence electrons. The third kappa shape index (κ3) is 5.82. The minimum absolute atomic E-state index is 0.0278. The van der Waals surface area contributed by atoms with E-state index in [0.717, 1.165) is 53.7 Å². The number of pyridine rings is 1. The highest BCUT2D eigenvalue weighted by atomic mass is 16.1. The zero-order valence-corrected chi connectivity index (χ0v) is 23.3. The quantitative estimate of drug-likeness (QED) is 0.299. The second-order valence-corrected chi connectivity index (χ2v) is 10.9. The molecule has 2 aromatic carbocycles. The fraction of sp³-hybridized carbons (Fsp3) is 0.467. The molecule has 1 N–H and O–H groups in total. The molecule has 0 amide bonds. The lowest BCUT2D eigenvalue weighted by atomic mass is 10.0. The molecule has 4 rings (SSSR count). The van der Waals surface area contributed by atoms with Crippen molar-refractivity contribution >= 4 is 10.9 Å². The van der Waals surface area contributed by atoms with Gasteiger partial charge in [0.25, 0.3) is 5.56 Å². The predicted molar refractivity (Wildman–Crippen MR) is 150 cm³/mol. The molecule has 0 aliphatic rings. The van der Waals surface area contributed by atoms with Crippen LogP contribution in [-0.4, -0.2) is 36.6 Å². The molecule has 0 bridgehead atoms. The van der Waals surface area contributed by atoms with Crippen LogP contribution < -0.4 is 5.56 Å². The Bertz CT molecular complexity index is 1430. The summed E-state index contributed by atoms with van der Waals surface area (Å²) in [7, 11) is 0. The molecule has 7 nitrogen and oxygen atoms in total. The Labute approximate surface area is 219 Å². The first kappa shape index (κ1) is 26.7. The van der Waals surface area contributed by atoms with Crippen molar-refractivity contribution in [3.8, 4) is 0 Å². The topological polar surface area (TPSA) is 79.7 Å². The van der Waals surface area contributed by atoms with Crippen LogP contribution in [0.4, 0.5) is 0 Å². The molecule has 0 saturated carbocycles. The Hall–Kier alpha value is -3.32. The molecule has 37 heavy (non-hydrogen) atoms. The summed E-state index contributed by atoms with van der Waals surface area (Å²) in [6, 6.07) is 14.9. The second-order valence-electron chi connectivity index (χ2n) is 10.9. The van der Waals surface area contributed by atoms with Crippen LogP contribution in [0.3, 0.4) is 0 Å². The number of hydrogen-bond acceptors (Lipinski definition) is 5. The van der Waals surface area contributed by atoms with Crippen molar-refractivity contribution in [2.24, 2.45) is 0 Å². The molecule has 0 aliphatic carbocycles. The van der Waals surface area contributed by atoms with Gasteiger partial charge in [-0.2, -0.15) is 0 Å². The van der Waals surface area contributed by atoms with Gasteiger partial charge < -0.3 is 4.98 Å². The van der Waals surface area contributed by atoms with E-state index in [2.05, 4.69) is 109 Å². The molecule has 0 fully saturated rings. The molecule has 7 heteroatoms. The maximum atomic E-state index is 13.3. The molecule has 2 heterocycles. The fourth-order valence-electron chi connectivity index (χ4n) is 5.14. The summed E-state index contributed by atoms with van der Waals surface area (Å²) in [6.07, 6.45) is 2.62. The molecule has 2 aromatic heterocycles. The van der Waals surface area contributed by atoms with Gasteiger partial charge in [-0.3, -0.25) is 9.69 Å². The molecular formula is C30H40N6O. The molecule has 4 aromatic rings. The van der Waals surface area contributed by atoms with Gasteiger partial charge >= 0.3 is 0 Å². The van der Waals surface area contributed by atoms with Crippen molar-refractivity contribution in [1.82, 2.24) is 30.1 Å². The summed E-state index contributed by atoms with van der Waals surface area (Å²) in [6.45, 7) is 16.2. The number of rotatable bonds is 10. The molecule has 1 atom stereocenters. The molecule has 0 unspecified atom stereocenters. The highest BCUT2D eigenvalue weighted by Crippen LogP contribution is 2.29. The number of H-pyrrole nitrogens is 1. The van der Waals surface area contributed by atoms with Crippen molar-refractivity contribution < 1.29 is 0 Å². The lowest BCUT2D eigenvalue weighted by molar-refractivity contribution is 0.160. The van der Waals surface area contributed by atoms with Crippen LogP contribution in [0.15, 0.2) is 47.3 Å². The van der Waals surface area contributed by atoms with E-state index < -0.39 is 0 Å². The van der Waals surface area contributed by atoms with E-state index in [4.69, 9.17) is 0 Å². The average molecular weight is 501 g/mol. The largest absolute Gasteiger partial charge is 0.321 e. The minimum Gasteiger partial charge on any atom is -0.321 e. The van der Waals surface area contributed by atoms with Gasteiger partial charge in [-0.15, -0.1) is 5.10 Å². The van der Waals surface area contributed by atoms with Crippen LogP contribution in [0.5, 0.6) is 0 Å².